The van der Waals surface area contributed by atoms with Crippen LogP contribution in [0, 0.1) is 5.92 Å². The van der Waals surface area contributed by atoms with Crippen molar-refractivity contribution in [1.82, 2.24) is 4.90 Å². The monoisotopic (exact) mass is 372 g/mol. The fourth-order valence-electron chi connectivity index (χ4n) is 3.09. The molecule has 4 nitrogen and oxygen atoms in total. The van der Waals surface area contributed by atoms with Gasteiger partial charge in [0.2, 0.25) is 11.8 Å². The second-order valence-corrected chi connectivity index (χ2v) is 7.76. The van der Waals surface area contributed by atoms with Crippen molar-refractivity contribution < 1.29 is 9.59 Å². The number of nitrogens with one attached hydrogen (secondary N) is 1. The molecule has 2 aliphatic rings. The Bertz CT molecular complexity index is 620. The molecule has 124 valence electrons. The van der Waals surface area contributed by atoms with Crippen LogP contribution in [0.5, 0.6) is 0 Å². The van der Waals surface area contributed by atoms with Crippen LogP contribution in [0.25, 0.3) is 0 Å². The van der Waals surface area contributed by atoms with E-state index < -0.39 is 6.04 Å². The van der Waals surface area contributed by atoms with E-state index in [0.29, 0.717) is 27.4 Å². The van der Waals surface area contributed by atoms with Gasteiger partial charge < -0.3 is 10.2 Å². The minimum Gasteiger partial charge on any atom is -0.323 e. The minimum absolute atomic E-state index is 0.0822. The van der Waals surface area contributed by atoms with Crippen molar-refractivity contribution in [2.75, 3.05) is 16.9 Å². The molecular formula is C16H18Cl2N2O2S. The standard InChI is InChI=1S/C16H18Cl2N2O2S/c17-11-5-6-12(18)13(7-11)19-15(21)14-8-23-9-20(14)16(22)10-3-1-2-4-10/h5-7,10,14H,1-4,8-9H2,(H,19,21). The largest absolute Gasteiger partial charge is 0.323 e. The van der Waals surface area contributed by atoms with Crippen LogP contribution in [-0.2, 0) is 9.59 Å². The lowest BCUT2D eigenvalue weighted by Crippen LogP contribution is -2.46. The first kappa shape index (κ1) is 16.9. The average Bonchev–Trinajstić information content (AvgIpc) is 3.20. The number of halogens is 2. The summed E-state index contributed by atoms with van der Waals surface area (Å²) in [6.07, 6.45) is 4.08. The molecular weight excluding hydrogens is 355 g/mol. The zero-order valence-electron chi connectivity index (χ0n) is 12.6. The maximum absolute atomic E-state index is 12.6. The van der Waals surface area contributed by atoms with Crippen LogP contribution < -0.4 is 5.32 Å². The molecule has 1 N–H and O–H groups in total. The molecule has 1 aliphatic heterocycles. The summed E-state index contributed by atoms with van der Waals surface area (Å²) in [5.41, 5.74) is 0.481. The third-order valence-corrected chi connectivity index (χ3v) is 5.94. The normalized spacial score (nSPS) is 21.7. The van der Waals surface area contributed by atoms with E-state index in [0.717, 1.165) is 25.7 Å². The Morgan fingerprint density at radius 2 is 1.96 bits per heavy atom. The highest BCUT2D eigenvalue weighted by molar-refractivity contribution is 7.99. The molecule has 2 amide bonds. The highest BCUT2D eigenvalue weighted by Gasteiger charge is 2.38. The van der Waals surface area contributed by atoms with Gasteiger partial charge in [0.15, 0.2) is 0 Å². The molecule has 1 aromatic carbocycles. The number of nitrogens with zero attached hydrogens (tertiary/aromatic N) is 1. The van der Waals surface area contributed by atoms with Gasteiger partial charge in [0, 0.05) is 16.7 Å². The first-order chi connectivity index (χ1) is 11.1. The van der Waals surface area contributed by atoms with E-state index in [2.05, 4.69) is 5.32 Å². The molecule has 1 saturated heterocycles. The molecule has 3 rings (SSSR count). The first-order valence-electron chi connectivity index (χ1n) is 7.70. The number of anilines is 1. The lowest BCUT2D eigenvalue weighted by atomic mass is 10.1. The molecule has 1 atom stereocenters. The van der Waals surface area contributed by atoms with Crippen molar-refractivity contribution in [3.8, 4) is 0 Å². The van der Waals surface area contributed by atoms with E-state index in [1.165, 1.54) is 0 Å². The summed E-state index contributed by atoms with van der Waals surface area (Å²) >= 11 is 13.6. The molecule has 1 heterocycles. The van der Waals surface area contributed by atoms with Crippen LogP contribution in [0.3, 0.4) is 0 Å². The molecule has 0 aromatic heterocycles. The summed E-state index contributed by atoms with van der Waals surface area (Å²) in [6.45, 7) is 0. The van der Waals surface area contributed by atoms with Crippen LogP contribution in [0.15, 0.2) is 18.2 Å². The molecule has 1 aromatic rings. The van der Waals surface area contributed by atoms with E-state index in [1.54, 1.807) is 34.9 Å². The fraction of sp³-hybridized carbons (Fsp3) is 0.500. The van der Waals surface area contributed by atoms with Gasteiger partial charge in [-0.1, -0.05) is 36.0 Å². The summed E-state index contributed by atoms with van der Waals surface area (Å²) in [5, 5.41) is 3.74. The van der Waals surface area contributed by atoms with Gasteiger partial charge in [0.05, 0.1) is 16.6 Å². The fourth-order valence-corrected chi connectivity index (χ4v) is 4.59. The number of rotatable bonds is 3. The zero-order valence-corrected chi connectivity index (χ0v) is 14.9. The van der Waals surface area contributed by atoms with Crippen molar-refractivity contribution in [3.05, 3.63) is 28.2 Å². The average molecular weight is 373 g/mol. The van der Waals surface area contributed by atoms with E-state index in [1.807, 2.05) is 0 Å². The predicted molar refractivity (Wildman–Crippen MR) is 95.0 cm³/mol. The van der Waals surface area contributed by atoms with Gasteiger partial charge in [-0.2, -0.15) is 0 Å². The third-order valence-electron chi connectivity index (χ3n) is 4.36. The number of carbonyl (C=O) groups excluding carboxylic acids is 2. The van der Waals surface area contributed by atoms with E-state index in [9.17, 15) is 9.59 Å². The van der Waals surface area contributed by atoms with Gasteiger partial charge in [-0.05, 0) is 31.0 Å². The molecule has 1 aliphatic carbocycles. The van der Waals surface area contributed by atoms with Gasteiger partial charge in [-0.15, -0.1) is 11.8 Å². The molecule has 0 spiro atoms. The lowest BCUT2D eigenvalue weighted by Gasteiger charge is -2.26. The third kappa shape index (κ3) is 3.78. The number of benzene rings is 1. The van der Waals surface area contributed by atoms with Crippen LogP contribution >= 0.6 is 35.0 Å². The van der Waals surface area contributed by atoms with Crippen molar-refractivity contribution in [2.24, 2.45) is 5.92 Å². The minimum atomic E-state index is -0.442. The molecule has 23 heavy (non-hydrogen) atoms. The maximum atomic E-state index is 12.6. The van der Waals surface area contributed by atoms with E-state index >= 15 is 0 Å². The highest BCUT2D eigenvalue weighted by atomic mass is 35.5. The van der Waals surface area contributed by atoms with Crippen LogP contribution in [0.4, 0.5) is 5.69 Å². The molecule has 0 bridgehead atoms. The second-order valence-electron chi connectivity index (χ2n) is 5.92. The smallest absolute Gasteiger partial charge is 0.248 e. The quantitative estimate of drug-likeness (QED) is 0.871. The van der Waals surface area contributed by atoms with Gasteiger partial charge in [0.1, 0.15) is 6.04 Å². The van der Waals surface area contributed by atoms with Crippen molar-refractivity contribution in [3.63, 3.8) is 0 Å². The maximum Gasteiger partial charge on any atom is 0.248 e. The van der Waals surface area contributed by atoms with Gasteiger partial charge in [-0.3, -0.25) is 9.59 Å². The Hall–Kier alpha value is -0.910. The Kier molecular flexibility index (Phi) is 5.39. The number of carbonyl (C=O) groups is 2. The van der Waals surface area contributed by atoms with Crippen LogP contribution in [0.2, 0.25) is 10.0 Å². The first-order valence-corrected chi connectivity index (χ1v) is 9.61. The summed E-state index contributed by atoms with van der Waals surface area (Å²) in [5.74, 6) is 1.19. The Balaban J connectivity index is 1.70. The number of thioether (sulfide) groups is 1. The van der Waals surface area contributed by atoms with Crippen molar-refractivity contribution in [2.45, 2.75) is 31.7 Å². The van der Waals surface area contributed by atoms with Gasteiger partial charge in [-0.25, -0.2) is 0 Å². The van der Waals surface area contributed by atoms with Gasteiger partial charge in [0.25, 0.3) is 0 Å². The number of hydrogen-bond donors (Lipinski definition) is 1. The Labute approximate surface area is 149 Å². The topological polar surface area (TPSA) is 49.4 Å². The number of hydrogen-bond acceptors (Lipinski definition) is 3. The van der Waals surface area contributed by atoms with Crippen molar-refractivity contribution >= 4 is 52.5 Å². The second kappa shape index (κ2) is 7.32. The molecule has 2 fully saturated rings. The molecule has 1 saturated carbocycles. The SMILES string of the molecule is O=C(Nc1cc(Cl)ccc1Cl)C1CSCN1C(=O)C1CCCC1. The van der Waals surface area contributed by atoms with Crippen molar-refractivity contribution in [1.29, 1.82) is 0 Å². The predicted octanol–water partition coefficient (Wildman–Crippen LogP) is 4.02. The summed E-state index contributed by atoms with van der Waals surface area (Å²) in [4.78, 5) is 26.9. The van der Waals surface area contributed by atoms with Crippen LogP contribution in [0.1, 0.15) is 25.7 Å². The summed E-state index contributed by atoms with van der Waals surface area (Å²) < 4.78 is 0. The zero-order chi connectivity index (χ0) is 16.4. The van der Waals surface area contributed by atoms with Crippen LogP contribution in [-0.4, -0.2) is 34.4 Å². The van der Waals surface area contributed by atoms with E-state index in [-0.39, 0.29) is 17.7 Å². The molecule has 7 heteroatoms. The Morgan fingerprint density at radius 1 is 1.22 bits per heavy atom. The number of amides is 2. The molecule has 0 radical (unpaired) electrons. The highest BCUT2D eigenvalue weighted by Crippen LogP contribution is 2.32. The summed E-state index contributed by atoms with van der Waals surface area (Å²) in [7, 11) is 0. The van der Waals surface area contributed by atoms with Gasteiger partial charge >= 0.3 is 0 Å². The van der Waals surface area contributed by atoms with E-state index in [4.69, 9.17) is 23.2 Å². The lowest BCUT2D eigenvalue weighted by molar-refractivity contribution is -0.139. The Morgan fingerprint density at radius 3 is 2.70 bits per heavy atom. The summed E-state index contributed by atoms with van der Waals surface area (Å²) in [6, 6.07) is 4.49. The molecule has 1 unspecified atom stereocenters.